The van der Waals surface area contributed by atoms with Crippen LogP contribution in [0.4, 0.5) is 0 Å². The third-order valence-corrected chi connectivity index (χ3v) is 1.90. The first kappa shape index (κ1) is 15.7. The van der Waals surface area contributed by atoms with Gasteiger partial charge in [-0.3, -0.25) is 0 Å². The molecule has 0 heteroatoms. The smallest absolute Gasteiger partial charge is 0.0305 e. The molecule has 0 aromatic heterocycles. The van der Waals surface area contributed by atoms with E-state index in [1.807, 2.05) is 20.8 Å². The molecule has 0 fully saturated rings. The van der Waals surface area contributed by atoms with Gasteiger partial charge in [-0.05, 0) is 45.3 Å². The molecule has 0 aliphatic rings. The summed E-state index contributed by atoms with van der Waals surface area (Å²) in [6, 6.07) is 0. The van der Waals surface area contributed by atoms with Gasteiger partial charge >= 0.3 is 0 Å². The van der Waals surface area contributed by atoms with E-state index in [9.17, 15) is 0 Å². The minimum absolute atomic E-state index is 1.11. The average Bonchev–Trinajstić information content (AvgIpc) is 2.06. The predicted molar refractivity (Wildman–Crippen MR) is 68.6 cm³/mol. The van der Waals surface area contributed by atoms with E-state index in [4.69, 9.17) is 0 Å². The summed E-state index contributed by atoms with van der Waals surface area (Å²) in [5.74, 6) is 0. The summed E-state index contributed by atoms with van der Waals surface area (Å²) in [6.45, 7) is 18.6. The van der Waals surface area contributed by atoms with Crippen molar-refractivity contribution in [3.8, 4) is 0 Å². The molecule has 0 bridgehead atoms. The standard InChI is InChI=1S/C12H20.C2H6/c1-7-12(10(4)5)11(6)8-9(2)3;1-2/h8H,2,7H2,1,3-6H3;1-2H3/b11-8-;. The second-order valence-electron chi connectivity index (χ2n) is 3.51. The van der Waals surface area contributed by atoms with E-state index in [0.29, 0.717) is 0 Å². The first-order valence-electron chi connectivity index (χ1n) is 5.49. The van der Waals surface area contributed by atoms with E-state index >= 15 is 0 Å². The molecule has 0 saturated carbocycles. The molecular weight excluding hydrogens is 168 g/mol. The van der Waals surface area contributed by atoms with Crippen LogP contribution in [0.25, 0.3) is 0 Å². The number of rotatable bonds is 3. The Hall–Kier alpha value is -0.780. The second-order valence-corrected chi connectivity index (χ2v) is 3.51. The van der Waals surface area contributed by atoms with E-state index < -0.39 is 0 Å². The van der Waals surface area contributed by atoms with Gasteiger partial charge in [0.15, 0.2) is 0 Å². The lowest BCUT2D eigenvalue weighted by atomic mass is 9.99. The largest absolute Gasteiger partial charge is 0.0961 e. The maximum atomic E-state index is 3.87. The van der Waals surface area contributed by atoms with Crippen LogP contribution in [0, 0.1) is 0 Å². The van der Waals surface area contributed by atoms with E-state index in [-0.39, 0.29) is 0 Å². The molecule has 0 atom stereocenters. The molecule has 0 N–H and O–H groups in total. The summed E-state index contributed by atoms with van der Waals surface area (Å²) in [6.07, 6.45) is 3.25. The normalized spacial score (nSPS) is 10.1. The molecule has 0 rings (SSSR count). The lowest BCUT2D eigenvalue weighted by Crippen LogP contribution is -1.87. The van der Waals surface area contributed by atoms with E-state index in [1.165, 1.54) is 16.7 Å². The van der Waals surface area contributed by atoms with Gasteiger partial charge in [-0.25, -0.2) is 0 Å². The van der Waals surface area contributed by atoms with Gasteiger partial charge in [0.05, 0.1) is 0 Å². The van der Waals surface area contributed by atoms with Gasteiger partial charge in [-0.1, -0.05) is 44.6 Å². The minimum atomic E-state index is 1.11. The van der Waals surface area contributed by atoms with Crippen LogP contribution in [0.5, 0.6) is 0 Å². The van der Waals surface area contributed by atoms with Gasteiger partial charge in [0.25, 0.3) is 0 Å². The fourth-order valence-electron chi connectivity index (χ4n) is 1.48. The zero-order valence-electron chi connectivity index (χ0n) is 11.0. The highest BCUT2D eigenvalue weighted by Gasteiger charge is 1.98. The van der Waals surface area contributed by atoms with Crippen molar-refractivity contribution in [2.45, 2.75) is 54.9 Å². The van der Waals surface area contributed by atoms with Crippen molar-refractivity contribution in [3.63, 3.8) is 0 Å². The molecule has 14 heavy (non-hydrogen) atoms. The van der Waals surface area contributed by atoms with Crippen LogP contribution in [0.15, 0.2) is 34.9 Å². The number of hydrogen-bond acceptors (Lipinski definition) is 0. The third-order valence-electron chi connectivity index (χ3n) is 1.90. The zero-order valence-corrected chi connectivity index (χ0v) is 11.0. The summed E-state index contributed by atoms with van der Waals surface area (Å²) in [4.78, 5) is 0. The molecule has 0 aliphatic carbocycles. The summed E-state index contributed by atoms with van der Waals surface area (Å²) < 4.78 is 0. The van der Waals surface area contributed by atoms with Gasteiger partial charge in [0.2, 0.25) is 0 Å². The lowest BCUT2D eigenvalue weighted by Gasteiger charge is -2.07. The topological polar surface area (TPSA) is 0 Å². The highest BCUT2D eigenvalue weighted by Crippen LogP contribution is 2.18. The summed E-state index contributed by atoms with van der Waals surface area (Å²) in [5, 5.41) is 0. The quantitative estimate of drug-likeness (QED) is 0.536. The average molecular weight is 194 g/mol. The second kappa shape index (κ2) is 8.80. The Kier molecular flexibility index (Phi) is 9.86. The molecule has 82 valence electrons. The molecule has 0 amide bonds. The van der Waals surface area contributed by atoms with Crippen LogP contribution in [0.1, 0.15) is 54.9 Å². The third kappa shape index (κ3) is 6.71. The molecule has 0 aromatic rings. The molecule has 0 radical (unpaired) electrons. The fourth-order valence-corrected chi connectivity index (χ4v) is 1.48. The molecule has 0 aromatic carbocycles. The van der Waals surface area contributed by atoms with Crippen molar-refractivity contribution in [1.82, 2.24) is 0 Å². The number of allylic oxidation sites excluding steroid dienone is 5. The molecule has 0 unspecified atom stereocenters. The van der Waals surface area contributed by atoms with Crippen molar-refractivity contribution in [2.75, 3.05) is 0 Å². The van der Waals surface area contributed by atoms with Crippen LogP contribution in [0.3, 0.4) is 0 Å². The monoisotopic (exact) mass is 194 g/mol. The molecule has 0 saturated heterocycles. The Morgan fingerprint density at radius 2 is 1.50 bits per heavy atom. The zero-order chi connectivity index (χ0) is 11.7. The first-order chi connectivity index (χ1) is 6.49. The van der Waals surface area contributed by atoms with Crippen molar-refractivity contribution in [2.24, 2.45) is 0 Å². The maximum absolute atomic E-state index is 3.87. The van der Waals surface area contributed by atoms with Crippen LogP contribution in [-0.4, -0.2) is 0 Å². The Bertz CT molecular complexity index is 222. The molecule has 0 heterocycles. The van der Waals surface area contributed by atoms with Crippen molar-refractivity contribution in [1.29, 1.82) is 0 Å². The maximum Gasteiger partial charge on any atom is -0.0305 e. The summed E-state index contributed by atoms with van der Waals surface area (Å²) in [5.41, 5.74) is 5.34. The molecule has 0 nitrogen and oxygen atoms in total. The van der Waals surface area contributed by atoms with E-state index in [1.54, 1.807) is 0 Å². The SMILES string of the molecule is C=C(C)/C=C(/C)C(CC)=C(C)C.CC. The molecule has 0 aliphatic heterocycles. The predicted octanol–water partition coefficient (Wildman–Crippen LogP) is 5.28. The Balaban J connectivity index is 0. The van der Waals surface area contributed by atoms with Gasteiger partial charge in [0, 0.05) is 0 Å². The summed E-state index contributed by atoms with van der Waals surface area (Å²) in [7, 11) is 0. The molecular formula is C14H26. The Labute approximate surface area is 90.4 Å². The van der Waals surface area contributed by atoms with E-state index in [0.717, 1.165) is 12.0 Å². The van der Waals surface area contributed by atoms with Gasteiger partial charge < -0.3 is 0 Å². The first-order valence-corrected chi connectivity index (χ1v) is 5.49. The van der Waals surface area contributed by atoms with E-state index in [2.05, 4.69) is 40.3 Å². The van der Waals surface area contributed by atoms with Crippen molar-refractivity contribution >= 4 is 0 Å². The summed E-state index contributed by atoms with van der Waals surface area (Å²) >= 11 is 0. The van der Waals surface area contributed by atoms with Crippen LogP contribution in [0.2, 0.25) is 0 Å². The van der Waals surface area contributed by atoms with Crippen LogP contribution >= 0.6 is 0 Å². The lowest BCUT2D eigenvalue weighted by molar-refractivity contribution is 1.06. The van der Waals surface area contributed by atoms with Crippen molar-refractivity contribution in [3.05, 3.63) is 34.9 Å². The van der Waals surface area contributed by atoms with Crippen molar-refractivity contribution < 1.29 is 0 Å². The van der Waals surface area contributed by atoms with Crippen LogP contribution in [-0.2, 0) is 0 Å². The van der Waals surface area contributed by atoms with Gasteiger partial charge in [-0.2, -0.15) is 0 Å². The Morgan fingerprint density at radius 1 is 1.07 bits per heavy atom. The highest BCUT2D eigenvalue weighted by molar-refractivity contribution is 5.36. The Morgan fingerprint density at radius 3 is 1.71 bits per heavy atom. The van der Waals surface area contributed by atoms with Crippen LogP contribution < -0.4 is 0 Å². The minimum Gasteiger partial charge on any atom is -0.0961 e. The van der Waals surface area contributed by atoms with Gasteiger partial charge in [-0.15, -0.1) is 0 Å². The van der Waals surface area contributed by atoms with Gasteiger partial charge in [0.1, 0.15) is 0 Å². The fraction of sp³-hybridized carbons (Fsp3) is 0.571. The highest BCUT2D eigenvalue weighted by atomic mass is 14.0. The molecule has 0 spiro atoms. The number of hydrogen-bond donors (Lipinski definition) is 0.